The van der Waals surface area contributed by atoms with Gasteiger partial charge in [-0.3, -0.25) is 4.79 Å². The maximum atomic E-state index is 12.0. The van der Waals surface area contributed by atoms with Gasteiger partial charge in [0.2, 0.25) is 5.91 Å². The quantitative estimate of drug-likeness (QED) is 0.871. The minimum Gasteiger partial charge on any atom is -0.495 e. The van der Waals surface area contributed by atoms with Crippen LogP contribution in [0.2, 0.25) is 5.02 Å². The van der Waals surface area contributed by atoms with Crippen LogP contribution in [0.5, 0.6) is 11.5 Å². The van der Waals surface area contributed by atoms with Crippen LogP contribution in [-0.2, 0) is 4.79 Å². The van der Waals surface area contributed by atoms with E-state index in [2.05, 4.69) is 5.32 Å². The van der Waals surface area contributed by atoms with E-state index < -0.39 is 0 Å². The van der Waals surface area contributed by atoms with Crippen molar-refractivity contribution >= 4 is 23.2 Å². The molecule has 0 fully saturated rings. The molecule has 1 amide bonds. The average Bonchev–Trinajstić information content (AvgIpc) is 2.38. The molecule has 0 spiro atoms. The molecule has 0 aromatic heterocycles. The first-order chi connectivity index (χ1) is 8.90. The van der Waals surface area contributed by atoms with Crippen LogP contribution in [0.15, 0.2) is 12.1 Å². The smallest absolute Gasteiger partial charge is 0.228 e. The zero-order chi connectivity index (χ0) is 14.6. The number of hydrogen-bond donors (Lipinski definition) is 2. The number of amides is 1. The molecule has 3 N–H and O–H groups in total. The molecule has 1 aromatic carbocycles. The second-order valence-corrected chi connectivity index (χ2v) is 4.73. The molecule has 5 nitrogen and oxygen atoms in total. The summed E-state index contributed by atoms with van der Waals surface area (Å²) in [6.07, 6.45) is 0. The molecule has 1 rings (SSSR count). The number of anilines is 1. The lowest BCUT2D eigenvalue weighted by Crippen LogP contribution is -2.34. The third-order valence-corrected chi connectivity index (χ3v) is 3.23. The summed E-state index contributed by atoms with van der Waals surface area (Å²) in [4.78, 5) is 12.0. The van der Waals surface area contributed by atoms with Gasteiger partial charge in [0.15, 0.2) is 0 Å². The Kier molecular flexibility index (Phi) is 5.44. The van der Waals surface area contributed by atoms with Crippen molar-refractivity contribution in [3.8, 4) is 11.5 Å². The highest BCUT2D eigenvalue weighted by atomic mass is 35.5. The van der Waals surface area contributed by atoms with Gasteiger partial charge in [-0.1, -0.05) is 18.5 Å². The fourth-order valence-corrected chi connectivity index (χ4v) is 1.67. The van der Waals surface area contributed by atoms with Crippen molar-refractivity contribution in [2.45, 2.75) is 19.9 Å². The number of halogens is 1. The Morgan fingerprint density at radius 2 is 1.84 bits per heavy atom. The van der Waals surface area contributed by atoms with E-state index in [1.165, 1.54) is 14.2 Å². The van der Waals surface area contributed by atoms with Gasteiger partial charge >= 0.3 is 0 Å². The van der Waals surface area contributed by atoms with Crippen molar-refractivity contribution in [2.24, 2.45) is 11.7 Å². The lowest BCUT2D eigenvalue weighted by molar-refractivity contribution is -0.119. The van der Waals surface area contributed by atoms with E-state index in [1.807, 2.05) is 0 Å². The Labute approximate surface area is 118 Å². The zero-order valence-corrected chi connectivity index (χ0v) is 12.2. The fraction of sp³-hybridized carbons (Fsp3) is 0.462. The van der Waals surface area contributed by atoms with E-state index in [0.29, 0.717) is 22.2 Å². The number of carbonyl (C=O) groups excluding carboxylic acids is 1. The molecule has 2 atom stereocenters. The maximum Gasteiger partial charge on any atom is 0.228 e. The maximum absolute atomic E-state index is 12.0. The number of methoxy groups -OCH3 is 2. The lowest BCUT2D eigenvalue weighted by Gasteiger charge is -2.17. The first kappa shape index (κ1) is 15.6. The lowest BCUT2D eigenvalue weighted by atomic mass is 10.0. The molecule has 0 saturated carbocycles. The molecular weight excluding hydrogens is 268 g/mol. The summed E-state index contributed by atoms with van der Waals surface area (Å²) < 4.78 is 10.3. The summed E-state index contributed by atoms with van der Waals surface area (Å²) >= 11 is 5.99. The topological polar surface area (TPSA) is 73.6 Å². The Morgan fingerprint density at radius 3 is 2.32 bits per heavy atom. The Morgan fingerprint density at radius 1 is 1.26 bits per heavy atom. The molecular formula is C13H19ClN2O3. The van der Waals surface area contributed by atoms with Crippen molar-refractivity contribution in [3.05, 3.63) is 17.2 Å². The largest absolute Gasteiger partial charge is 0.495 e. The normalized spacial score (nSPS) is 13.6. The van der Waals surface area contributed by atoms with Crippen molar-refractivity contribution < 1.29 is 14.3 Å². The van der Waals surface area contributed by atoms with Crippen LogP contribution < -0.4 is 20.5 Å². The van der Waals surface area contributed by atoms with Gasteiger partial charge in [-0.25, -0.2) is 0 Å². The molecule has 0 saturated heterocycles. The first-order valence-corrected chi connectivity index (χ1v) is 6.26. The molecule has 19 heavy (non-hydrogen) atoms. The number of benzene rings is 1. The highest BCUT2D eigenvalue weighted by Crippen LogP contribution is 2.36. The van der Waals surface area contributed by atoms with Crippen LogP contribution >= 0.6 is 11.6 Å². The van der Waals surface area contributed by atoms with Gasteiger partial charge in [-0.15, -0.1) is 0 Å². The van der Waals surface area contributed by atoms with Crippen molar-refractivity contribution in [2.75, 3.05) is 19.5 Å². The van der Waals surface area contributed by atoms with Crippen molar-refractivity contribution in [1.82, 2.24) is 0 Å². The van der Waals surface area contributed by atoms with E-state index in [1.54, 1.807) is 26.0 Å². The van der Waals surface area contributed by atoms with E-state index in [4.69, 9.17) is 26.8 Å². The van der Waals surface area contributed by atoms with Crippen LogP contribution in [0.4, 0.5) is 5.69 Å². The summed E-state index contributed by atoms with van der Waals surface area (Å²) in [6, 6.07) is 2.97. The number of nitrogens with one attached hydrogen (secondary N) is 1. The predicted molar refractivity (Wildman–Crippen MR) is 76.0 cm³/mol. The van der Waals surface area contributed by atoms with Crippen LogP contribution in [0, 0.1) is 5.92 Å². The fourth-order valence-electron chi connectivity index (χ4n) is 1.44. The minimum absolute atomic E-state index is 0.183. The summed E-state index contributed by atoms with van der Waals surface area (Å²) in [5.41, 5.74) is 6.20. The molecule has 0 aliphatic heterocycles. The van der Waals surface area contributed by atoms with Gasteiger partial charge in [-0.2, -0.15) is 0 Å². The number of rotatable bonds is 5. The minimum atomic E-state index is -0.314. The highest BCUT2D eigenvalue weighted by molar-refractivity contribution is 6.32. The average molecular weight is 287 g/mol. The van der Waals surface area contributed by atoms with Gasteiger partial charge in [0.05, 0.1) is 30.8 Å². The van der Waals surface area contributed by atoms with Crippen LogP contribution in [0.25, 0.3) is 0 Å². The number of hydrogen-bond acceptors (Lipinski definition) is 4. The van der Waals surface area contributed by atoms with Crippen LogP contribution in [-0.4, -0.2) is 26.2 Å². The molecule has 0 bridgehead atoms. The second kappa shape index (κ2) is 6.63. The van der Waals surface area contributed by atoms with Crippen LogP contribution in [0.1, 0.15) is 13.8 Å². The van der Waals surface area contributed by atoms with Gasteiger partial charge in [0, 0.05) is 18.2 Å². The highest BCUT2D eigenvalue weighted by Gasteiger charge is 2.19. The number of carbonyl (C=O) groups is 1. The van der Waals surface area contributed by atoms with Gasteiger partial charge in [0.1, 0.15) is 11.5 Å². The summed E-state index contributed by atoms with van der Waals surface area (Å²) in [7, 11) is 3.01. The molecule has 0 aliphatic carbocycles. The number of nitrogens with two attached hydrogens (primary N) is 1. The zero-order valence-electron chi connectivity index (χ0n) is 11.5. The van der Waals surface area contributed by atoms with Gasteiger partial charge in [0.25, 0.3) is 0 Å². The van der Waals surface area contributed by atoms with Gasteiger partial charge in [-0.05, 0) is 6.92 Å². The SMILES string of the molecule is COc1cc(NC(=O)C(C)C(C)N)c(OC)cc1Cl. The molecule has 1 aromatic rings. The van der Waals surface area contributed by atoms with Crippen molar-refractivity contribution in [1.29, 1.82) is 0 Å². The Bertz CT molecular complexity index is 463. The molecule has 0 heterocycles. The van der Waals surface area contributed by atoms with E-state index in [-0.39, 0.29) is 17.9 Å². The third-order valence-electron chi connectivity index (χ3n) is 2.93. The first-order valence-electron chi connectivity index (χ1n) is 5.88. The molecule has 6 heteroatoms. The molecule has 0 radical (unpaired) electrons. The summed E-state index contributed by atoms with van der Waals surface area (Å²) in [5, 5.41) is 3.18. The monoisotopic (exact) mass is 286 g/mol. The molecule has 0 aliphatic rings. The summed E-state index contributed by atoms with van der Waals surface area (Å²) in [5.74, 6) is 0.436. The molecule has 106 valence electrons. The van der Waals surface area contributed by atoms with Crippen molar-refractivity contribution in [3.63, 3.8) is 0 Å². The third kappa shape index (κ3) is 3.75. The van der Waals surface area contributed by atoms with Gasteiger partial charge < -0.3 is 20.5 Å². The Hall–Kier alpha value is -1.46. The standard InChI is InChI=1S/C13H19ClN2O3/c1-7(8(2)15)13(17)16-10-6-11(18-3)9(14)5-12(10)19-4/h5-8H,15H2,1-4H3,(H,16,17). The van der Waals surface area contributed by atoms with E-state index in [9.17, 15) is 4.79 Å². The van der Waals surface area contributed by atoms with E-state index >= 15 is 0 Å². The summed E-state index contributed by atoms with van der Waals surface area (Å²) in [6.45, 7) is 3.55. The number of ether oxygens (including phenoxy) is 2. The van der Waals surface area contributed by atoms with E-state index in [0.717, 1.165) is 0 Å². The molecule has 2 unspecified atom stereocenters. The van der Waals surface area contributed by atoms with Crippen LogP contribution in [0.3, 0.4) is 0 Å². The Balaban J connectivity index is 3.02. The second-order valence-electron chi connectivity index (χ2n) is 4.32. The predicted octanol–water partition coefficient (Wildman–Crippen LogP) is 2.28.